The van der Waals surface area contributed by atoms with E-state index >= 15 is 0 Å². The molecule has 53 heavy (non-hydrogen) atoms. The van der Waals surface area contributed by atoms with Gasteiger partial charge in [0.15, 0.2) is 0 Å². The number of rotatable bonds is 4. The Bertz CT molecular complexity index is 2900. The summed E-state index contributed by atoms with van der Waals surface area (Å²) in [6.45, 7) is 2.34. The van der Waals surface area contributed by atoms with Gasteiger partial charge in [-0.1, -0.05) is 180 Å². The van der Waals surface area contributed by atoms with E-state index in [1.54, 1.807) is 0 Å². The van der Waals surface area contributed by atoms with E-state index in [0.29, 0.717) is 0 Å². The molecule has 0 aromatic heterocycles. The molecule has 1 atom stereocenters. The van der Waals surface area contributed by atoms with Crippen LogP contribution in [0.25, 0.3) is 44.8 Å². The van der Waals surface area contributed by atoms with Crippen molar-refractivity contribution in [3.05, 3.63) is 218 Å². The fourth-order valence-electron chi connectivity index (χ4n) is 8.59. The van der Waals surface area contributed by atoms with Gasteiger partial charge in [0.25, 0.3) is 0 Å². The molecule has 0 nitrogen and oxygen atoms in total. The second kappa shape index (κ2) is 15.1. The maximum atomic E-state index is 3.95. The van der Waals surface area contributed by atoms with Crippen molar-refractivity contribution in [1.82, 2.24) is 0 Å². The van der Waals surface area contributed by atoms with E-state index in [1.165, 1.54) is 91.3 Å². The monoisotopic (exact) mass is 809 g/mol. The largest absolute Gasteiger partial charge is 3.00 e. The van der Waals surface area contributed by atoms with E-state index in [1.807, 2.05) is 0 Å². The molecule has 2 aliphatic carbocycles. The van der Waals surface area contributed by atoms with Gasteiger partial charge in [0, 0.05) is 5.92 Å². The van der Waals surface area contributed by atoms with Crippen LogP contribution in [0.1, 0.15) is 35.1 Å². The van der Waals surface area contributed by atoms with E-state index in [0.717, 1.165) is 0 Å². The third kappa shape index (κ3) is 6.07. The minimum absolute atomic E-state index is 0. The van der Waals surface area contributed by atoms with Gasteiger partial charge in [0.2, 0.25) is 0 Å². The SMILES string of the molecule is CC1=Cc2c(-c3cc4ccccc4c4ccccc34)cccc2C1c1c2c(ccc1=[Si](c1ccccc1)c1ccccc1)=c1ccccc1=[C-]2.[Cl-].[Cl-].[Zr+3]. The van der Waals surface area contributed by atoms with Crippen molar-refractivity contribution >= 4 is 52.5 Å². The van der Waals surface area contributed by atoms with Crippen LogP contribution in [-0.2, 0) is 26.2 Å². The van der Waals surface area contributed by atoms with Crippen LogP contribution in [0, 0.1) is 15.3 Å². The fraction of sp³-hybridized carbons (Fsp3) is 0.0408. The molecule has 0 aliphatic heterocycles. The van der Waals surface area contributed by atoms with Crippen molar-refractivity contribution < 1.29 is 51.0 Å². The van der Waals surface area contributed by atoms with Crippen LogP contribution in [-0.4, -0.2) is 8.41 Å². The minimum Gasteiger partial charge on any atom is -1.00 e. The first kappa shape index (κ1) is 36.9. The third-order valence-electron chi connectivity index (χ3n) is 10.7. The Kier molecular flexibility index (Phi) is 10.5. The summed E-state index contributed by atoms with van der Waals surface area (Å²) >= 11 is 0. The summed E-state index contributed by atoms with van der Waals surface area (Å²) in [5.41, 5.74) is 9.36. The summed E-state index contributed by atoms with van der Waals surface area (Å²) in [6.07, 6.45) is 6.43. The summed E-state index contributed by atoms with van der Waals surface area (Å²) in [6, 6.07) is 63.0. The summed E-state index contributed by atoms with van der Waals surface area (Å²) in [5.74, 6) is 0.121. The number of fused-ring (bicyclic) bond motifs is 6. The zero-order valence-corrected chi connectivity index (χ0v) is 34.0. The predicted octanol–water partition coefficient (Wildman–Crippen LogP) is 3.66. The van der Waals surface area contributed by atoms with Crippen LogP contribution < -0.4 is 40.4 Å². The van der Waals surface area contributed by atoms with Crippen LogP contribution in [0.5, 0.6) is 0 Å². The van der Waals surface area contributed by atoms with Crippen LogP contribution in [0.4, 0.5) is 0 Å². The average molecular weight is 812 g/mol. The Morgan fingerprint density at radius 1 is 0.528 bits per heavy atom. The van der Waals surface area contributed by atoms with Crippen LogP contribution in [0.15, 0.2) is 175 Å². The molecule has 1 unspecified atom stereocenters. The Labute approximate surface area is 343 Å². The van der Waals surface area contributed by atoms with E-state index in [-0.39, 0.29) is 56.9 Å². The Morgan fingerprint density at radius 2 is 1.15 bits per heavy atom. The quantitative estimate of drug-likeness (QED) is 0.145. The molecule has 0 fully saturated rings. The van der Waals surface area contributed by atoms with Gasteiger partial charge in [0.1, 0.15) is 0 Å². The van der Waals surface area contributed by atoms with Gasteiger partial charge in [-0.2, -0.15) is 0 Å². The Hall–Kier alpha value is -4.43. The molecule has 0 amide bonds. The molecule has 0 spiro atoms. The topological polar surface area (TPSA) is 0 Å². The summed E-state index contributed by atoms with van der Waals surface area (Å²) in [4.78, 5) is 1.44. The number of benzene rings is 8. The molecule has 0 saturated carbocycles. The third-order valence-corrected chi connectivity index (χ3v) is 13.5. The minimum atomic E-state index is -1.36. The maximum absolute atomic E-state index is 3.95. The number of hydrogen-bond donors (Lipinski definition) is 0. The van der Waals surface area contributed by atoms with Crippen molar-refractivity contribution in [3.63, 3.8) is 0 Å². The summed E-state index contributed by atoms with van der Waals surface area (Å²) < 4.78 is 0. The summed E-state index contributed by atoms with van der Waals surface area (Å²) in [7, 11) is -1.36. The molecule has 0 N–H and O–H groups in total. The van der Waals surface area contributed by atoms with Crippen molar-refractivity contribution in [2.45, 2.75) is 12.8 Å². The molecule has 251 valence electrons. The first-order valence-corrected chi connectivity index (χ1v) is 19.0. The second-order valence-corrected chi connectivity index (χ2v) is 16.0. The van der Waals surface area contributed by atoms with Crippen LogP contribution >= 0.6 is 0 Å². The van der Waals surface area contributed by atoms with Gasteiger partial charge in [0.05, 0.1) is 8.41 Å². The van der Waals surface area contributed by atoms with Gasteiger partial charge in [-0.05, 0) is 67.2 Å². The molecular weight excluding hydrogens is 779 g/mol. The van der Waals surface area contributed by atoms with E-state index in [2.05, 4.69) is 189 Å². The average Bonchev–Trinajstić information content (AvgIpc) is 3.72. The number of hydrogen-bond acceptors (Lipinski definition) is 0. The molecule has 0 heterocycles. The molecule has 8 aromatic rings. The van der Waals surface area contributed by atoms with Crippen molar-refractivity contribution in [2.24, 2.45) is 0 Å². The molecule has 8 aromatic carbocycles. The smallest absolute Gasteiger partial charge is 1.00 e. The zero-order chi connectivity index (χ0) is 33.2. The first-order chi connectivity index (χ1) is 24.7. The van der Waals surface area contributed by atoms with Gasteiger partial charge in [-0.3, -0.25) is 0 Å². The normalized spacial score (nSPS) is 13.4. The van der Waals surface area contributed by atoms with Crippen molar-refractivity contribution in [1.29, 1.82) is 0 Å². The van der Waals surface area contributed by atoms with Crippen molar-refractivity contribution in [2.75, 3.05) is 0 Å². The number of allylic oxidation sites excluding steroid dienone is 1. The van der Waals surface area contributed by atoms with Gasteiger partial charge >= 0.3 is 26.2 Å². The fourth-order valence-corrected chi connectivity index (χ4v) is 11.4. The maximum Gasteiger partial charge on any atom is 3.00 e. The van der Waals surface area contributed by atoms with Crippen molar-refractivity contribution in [3.8, 4) is 11.1 Å². The molecular formula is C49H33Cl2SiZr. The van der Waals surface area contributed by atoms with Gasteiger partial charge < -0.3 is 24.8 Å². The standard InChI is InChI=1S/C49H33Si.2ClH.Zr/c1-32-29-44-41(45-30-33-15-8-10-21-37(33)39-23-12-13-24-40(39)45)25-14-26-43(44)48(32)49-46-31-34-16-9-11-22-38(34)42(46)27-28-47(49)50(35-17-4-2-5-18-35)36-19-6-3-7-20-36;;;/h2-30,48H,1H3;2*1H;/q-1;;;+3/p-2. The van der Waals surface area contributed by atoms with Crippen LogP contribution in [0.2, 0.25) is 0 Å². The molecule has 2 aliphatic rings. The Balaban J connectivity index is 0.00000145. The second-order valence-electron chi connectivity index (χ2n) is 13.5. The molecule has 0 bridgehead atoms. The molecule has 10 rings (SSSR count). The predicted molar refractivity (Wildman–Crippen MR) is 212 cm³/mol. The molecule has 0 saturated heterocycles. The Morgan fingerprint density at radius 3 is 1.89 bits per heavy atom. The molecule has 4 heteroatoms. The molecule has 1 radical (unpaired) electrons. The number of halogens is 2. The van der Waals surface area contributed by atoms with E-state index < -0.39 is 8.41 Å². The van der Waals surface area contributed by atoms with Gasteiger partial charge in [-0.15, -0.1) is 33.4 Å². The van der Waals surface area contributed by atoms with Gasteiger partial charge in [-0.25, -0.2) is 0 Å². The van der Waals surface area contributed by atoms with E-state index in [9.17, 15) is 0 Å². The first-order valence-electron chi connectivity index (χ1n) is 17.5. The van der Waals surface area contributed by atoms with Crippen LogP contribution in [0.3, 0.4) is 0 Å². The zero-order valence-electron chi connectivity index (χ0n) is 29.1. The summed E-state index contributed by atoms with van der Waals surface area (Å²) in [5, 5.41) is 11.7. The van der Waals surface area contributed by atoms with E-state index in [4.69, 9.17) is 0 Å².